The Balaban J connectivity index is 2.01. The van der Waals surface area contributed by atoms with E-state index in [4.69, 9.17) is 4.52 Å². The lowest BCUT2D eigenvalue weighted by Gasteiger charge is -1.90. The van der Waals surface area contributed by atoms with Gasteiger partial charge in [-0.1, -0.05) is 5.16 Å². The van der Waals surface area contributed by atoms with Crippen molar-refractivity contribution in [1.29, 1.82) is 0 Å². The van der Waals surface area contributed by atoms with Crippen molar-refractivity contribution in [3.63, 3.8) is 0 Å². The molecule has 0 radical (unpaired) electrons. The molecule has 0 spiro atoms. The number of hydrogen-bond acceptors (Lipinski definition) is 5. The highest BCUT2D eigenvalue weighted by Gasteiger charge is 2.12. The van der Waals surface area contributed by atoms with Gasteiger partial charge in [0, 0.05) is 24.2 Å². The van der Waals surface area contributed by atoms with Crippen molar-refractivity contribution in [2.45, 2.75) is 6.92 Å². The summed E-state index contributed by atoms with van der Waals surface area (Å²) in [7, 11) is 1.89. The molecule has 3 aromatic heterocycles. The summed E-state index contributed by atoms with van der Waals surface area (Å²) in [5.41, 5.74) is 2.86. The minimum atomic E-state index is 0.785. The molecule has 0 amide bonds. The number of nitrogens with zero attached hydrogens (tertiary/aromatic N) is 4. The standard InChI is InChI=1S/C11H10N4OS/c1-7-9(4-13-16-7)10-6-17-11(14-10)8-3-12-15(2)5-8/h3-6H,1-2H3. The largest absolute Gasteiger partial charge is 0.361 e. The smallest absolute Gasteiger partial charge is 0.143 e. The Bertz CT molecular complexity index is 652. The Hall–Kier alpha value is -1.95. The third-order valence-corrected chi connectivity index (χ3v) is 3.37. The van der Waals surface area contributed by atoms with Crippen LogP contribution in [0.25, 0.3) is 21.8 Å². The molecule has 0 fully saturated rings. The Morgan fingerprint density at radius 1 is 1.35 bits per heavy atom. The molecular weight excluding hydrogens is 236 g/mol. The Kier molecular flexibility index (Phi) is 2.29. The summed E-state index contributed by atoms with van der Waals surface area (Å²) in [5.74, 6) is 0.785. The first kappa shape index (κ1) is 10.2. The number of aryl methyl sites for hydroxylation is 2. The molecule has 3 rings (SSSR count). The van der Waals surface area contributed by atoms with Crippen LogP contribution < -0.4 is 0 Å². The van der Waals surface area contributed by atoms with Gasteiger partial charge in [0.2, 0.25) is 0 Å². The summed E-state index contributed by atoms with van der Waals surface area (Å²) < 4.78 is 6.80. The Morgan fingerprint density at radius 2 is 2.24 bits per heavy atom. The van der Waals surface area contributed by atoms with E-state index < -0.39 is 0 Å². The maximum atomic E-state index is 5.04. The average molecular weight is 246 g/mol. The predicted molar refractivity (Wildman–Crippen MR) is 64.6 cm³/mol. The van der Waals surface area contributed by atoms with Crippen LogP contribution in [0.3, 0.4) is 0 Å². The van der Waals surface area contributed by atoms with Gasteiger partial charge in [-0.15, -0.1) is 11.3 Å². The molecular formula is C11H10N4OS. The minimum absolute atomic E-state index is 0.785. The van der Waals surface area contributed by atoms with Crippen LogP contribution in [0.15, 0.2) is 28.5 Å². The van der Waals surface area contributed by atoms with Gasteiger partial charge in [0.25, 0.3) is 0 Å². The van der Waals surface area contributed by atoms with Crippen LogP contribution in [0.1, 0.15) is 5.76 Å². The van der Waals surface area contributed by atoms with Crippen LogP contribution >= 0.6 is 11.3 Å². The fourth-order valence-electron chi connectivity index (χ4n) is 1.61. The second kappa shape index (κ2) is 3.81. The molecule has 0 aromatic carbocycles. The van der Waals surface area contributed by atoms with Gasteiger partial charge in [0.1, 0.15) is 10.8 Å². The first-order chi connectivity index (χ1) is 8.24. The van der Waals surface area contributed by atoms with Crippen molar-refractivity contribution in [2.75, 3.05) is 0 Å². The van der Waals surface area contributed by atoms with Gasteiger partial charge in [0.05, 0.1) is 23.7 Å². The molecule has 86 valence electrons. The van der Waals surface area contributed by atoms with Gasteiger partial charge in [-0.05, 0) is 6.92 Å². The molecule has 0 aliphatic rings. The third-order valence-electron chi connectivity index (χ3n) is 2.48. The normalized spacial score (nSPS) is 10.9. The van der Waals surface area contributed by atoms with Crippen LogP contribution in [0.4, 0.5) is 0 Å². The first-order valence-electron chi connectivity index (χ1n) is 5.10. The number of hydrogen-bond donors (Lipinski definition) is 0. The van der Waals surface area contributed by atoms with E-state index in [1.807, 2.05) is 31.7 Å². The van der Waals surface area contributed by atoms with E-state index in [2.05, 4.69) is 15.2 Å². The topological polar surface area (TPSA) is 56.7 Å². The fourth-order valence-corrected chi connectivity index (χ4v) is 2.40. The zero-order chi connectivity index (χ0) is 11.8. The van der Waals surface area contributed by atoms with Gasteiger partial charge < -0.3 is 4.52 Å². The zero-order valence-corrected chi connectivity index (χ0v) is 10.2. The number of rotatable bonds is 2. The lowest BCUT2D eigenvalue weighted by Crippen LogP contribution is -1.84. The number of thiazole rings is 1. The molecule has 0 bridgehead atoms. The van der Waals surface area contributed by atoms with E-state index >= 15 is 0 Å². The first-order valence-corrected chi connectivity index (χ1v) is 5.98. The quantitative estimate of drug-likeness (QED) is 0.697. The average Bonchev–Trinajstić information content (AvgIpc) is 2.97. The third kappa shape index (κ3) is 1.76. The predicted octanol–water partition coefficient (Wildman–Crippen LogP) is 2.51. The molecule has 6 heteroatoms. The highest BCUT2D eigenvalue weighted by molar-refractivity contribution is 7.13. The van der Waals surface area contributed by atoms with Crippen molar-refractivity contribution < 1.29 is 4.52 Å². The molecule has 3 heterocycles. The highest BCUT2D eigenvalue weighted by Crippen LogP contribution is 2.29. The summed E-state index contributed by atoms with van der Waals surface area (Å²) in [6.45, 7) is 1.88. The summed E-state index contributed by atoms with van der Waals surface area (Å²) in [6, 6.07) is 0. The van der Waals surface area contributed by atoms with Crippen molar-refractivity contribution in [3.8, 4) is 21.8 Å². The van der Waals surface area contributed by atoms with Crippen LogP contribution in [0.2, 0.25) is 0 Å². The molecule has 0 saturated carbocycles. The lowest BCUT2D eigenvalue weighted by molar-refractivity contribution is 0.398. The molecule has 17 heavy (non-hydrogen) atoms. The summed E-state index contributed by atoms with van der Waals surface area (Å²) >= 11 is 1.59. The maximum Gasteiger partial charge on any atom is 0.143 e. The van der Waals surface area contributed by atoms with E-state index in [0.29, 0.717) is 0 Å². The van der Waals surface area contributed by atoms with Gasteiger partial charge in [-0.2, -0.15) is 5.10 Å². The van der Waals surface area contributed by atoms with E-state index in [9.17, 15) is 0 Å². The maximum absolute atomic E-state index is 5.04. The lowest BCUT2D eigenvalue weighted by atomic mass is 10.2. The van der Waals surface area contributed by atoms with Crippen LogP contribution in [0, 0.1) is 6.92 Å². The van der Waals surface area contributed by atoms with Crippen LogP contribution in [0.5, 0.6) is 0 Å². The number of aromatic nitrogens is 4. The molecule has 0 aliphatic carbocycles. The van der Waals surface area contributed by atoms with E-state index in [1.54, 1.807) is 22.2 Å². The Morgan fingerprint density at radius 3 is 2.88 bits per heavy atom. The van der Waals surface area contributed by atoms with Crippen molar-refractivity contribution in [3.05, 3.63) is 29.7 Å². The SMILES string of the molecule is Cc1oncc1-c1csc(-c2cnn(C)c2)n1. The van der Waals surface area contributed by atoms with Crippen LogP contribution in [-0.4, -0.2) is 19.9 Å². The van der Waals surface area contributed by atoms with Gasteiger partial charge >= 0.3 is 0 Å². The van der Waals surface area contributed by atoms with Crippen molar-refractivity contribution >= 4 is 11.3 Å². The molecule has 5 nitrogen and oxygen atoms in total. The minimum Gasteiger partial charge on any atom is -0.361 e. The monoisotopic (exact) mass is 246 g/mol. The van der Waals surface area contributed by atoms with Gasteiger partial charge in [-0.25, -0.2) is 4.98 Å². The van der Waals surface area contributed by atoms with E-state index in [1.165, 1.54) is 0 Å². The second-order valence-electron chi connectivity index (χ2n) is 3.74. The fraction of sp³-hybridized carbons (Fsp3) is 0.182. The molecule has 0 atom stereocenters. The molecule has 0 unspecified atom stereocenters. The second-order valence-corrected chi connectivity index (χ2v) is 4.59. The Labute approximate surface area is 102 Å². The van der Waals surface area contributed by atoms with Gasteiger partial charge in [-0.3, -0.25) is 4.68 Å². The van der Waals surface area contributed by atoms with E-state index in [-0.39, 0.29) is 0 Å². The molecule has 0 aliphatic heterocycles. The van der Waals surface area contributed by atoms with Crippen molar-refractivity contribution in [2.24, 2.45) is 7.05 Å². The molecule has 0 saturated heterocycles. The van der Waals surface area contributed by atoms with E-state index in [0.717, 1.165) is 27.6 Å². The zero-order valence-electron chi connectivity index (χ0n) is 9.41. The van der Waals surface area contributed by atoms with Gasteiger partial charge in [0.15, 0.2) is 0 Å². The summed E-state index contributed by atoms with van der Waals surface area (Å²) in [5, 5.41) is 10.8. The van der Waals surface area contributed by atoms with Crippen LogP contribution in [-0.2, 0) is 7.05 Å². The highest BCUT2D eigenvalue weighted by atomic mass is 32.1. The molecule has 3 aromatic rings. The summed E-state index contributed by atoms with van der Waals surface area (Å²) in [6.07, 6.45) is 5.45. The van der Waals surface area contributed by atoms with Crippen molar-refractivity contribution in [1.82, 2.24) is 19.9 Å². The summed E-state index contributed by atoms with van der Waals surface area (Å²) in [4.78, 5) is 4.56. The molecule has 0 N–H and O–H groups in total.